The van der Waals surface area contributed by atoms with Crippen LogP contribution in [0.15, 0.2) is 54.3 Å². The highest BCUT2D eigenvalue weighted by molar-refractivity contribution is 5.96. The topological polar surface area (TPSA) is 21.1 Å². The number of hydrogen-bond acceptors (Lipinski definition) is 2. The summed E-state index contributed by atoms with van der Waals surface area (Å²) in [6.07, 6.45) is 13.3. The zero-order chi connectivity index (χ0) is 20.7. The van der Waals surface area contributed by atoms with Gasteiger partial charge in [0.05, 0.1) is 5.52 Å². The summed E-state index contributed by atoms with van der Waals surface area (Å²) < 4.78 is 2.54. The number of aromatic nitrogens is 2. The Hall–Kier alpha value is -2.81. The van der Waals surface area contributed by atoms with Crippen molar-refractivity contribution in [2.75, 3.05) is 11.4 Å². The van der Waals surface area contributed by atoms with Crippen LogP contribution in [0.25, 0.3) is 10.9 Å². The van der Waals surface area contributed by atoms with Gasteiger partial charge in [0.25, 0.3) is 0 Å². The van der Waals surface area contributed by atoms with Gasteiger partial charge in [-0.3, -0.25) is 0 Å². The van der Waals surface area contributed by atoms with Crippen LogP contribution in [0.3, 0.4) is 0 Å². The van der Waals surface area contributed by atoms with Gasteiger partial charge in [0.15, 0.2) is 5.82 Å². The molecule has 0 saturated carbocycles. The summed E-state index contributed by atoms with van der Waals surface area (Å²) in [4.78, 5) is 7.55. The van der Waals surface area contributed by atoms with Crippen molar-refractivity contribution in [2.24, 2.45) is 0 Å². The standard InChI is InChI=1S/C27H31N3/c1-4-22-16-28-27(29-15-14-23-12-8-9-13-24(23)18-29)26-25(22)19(2)20(3)30(26)17-21-10-6-5-7-11-21/h5-6,8-10,12-13,16H,4,7,11,14-15,17-18H2,1-3H3. The number of allylic oxidation sites excluding steroid dienone is 4. The molecule has 0 amide bonds. The van der Waals surface area contributed by atoms with E-state index in [0.717, 1.165) is 51.1 Å². The van der Waals surface area contributed by atoms with Gasteiger partial charge in [-0.25, -0.2) is 4.98 Å². The van der Waals surface area contributed by atoms with E-state index in [9.17, 15) is 0 Å². The molecule has 5 rings (SSSR count). The number of anilines is 1. The second kappa shape index (κ2) is 7.79. The number of aryl methyl sites for hydroxylation is 2. The quantitative estimate of drug-likeness (QED) is 0.534. The largest absolute Gasteiger partial charge is 0.350 e. The van der Waals surface area contributed by atoms with Gasteiger partial charge in [-0.05, 0) is 61.8 Å². The van der Waals surface area contributed by atoms with Gasteiger partial charge in [-0.15, -0.1) is 0 Å². The lowest BCUT2D eigenvalue weighted by Gasteiger charge is -2.31. The maximum absolute atomic E-state index is 5.05. The van der Waals surface area contributed by atoms with Gasteiger partial charge >= 0.3 is 0 Å². The van der Waals surface area contributed by atoms with Crippen LogP contribution < -0.4 is 4.90 Å². The Kier molecular flexibility index (Phi) is 4.98. The lowest BCUT2D eigenvalue weighted by atomic mass is 9.99. The Morgan fingerprint density at radius 2 is 1.90 bits per heavy atom. The summed E-state index contributed by atoms with van der Waals surface area (Å²) in [6.45, 7) is 9.75. The minimum atomic E-state index is 0.943. The monoisotopic (exact) mass is 397 g/mol. The Balaban J connectivity index is 1.66. The molecule has 2 aromatic heterocycles. The molecule has 1 aliphatic carbocycles. The van der Waals surface area contributed by atoms with E-state index in [2.05, 4.69) is 78.9 Å². The summed E-state index contributed by atoms with van der Waals surface area (Å²) in [6, 6.07) is 8.86. The molecule has 0 N–H and O–H groups in total. The molecule has 0 saturated heterocycles. The third-order valence-corrected chi connectivity index (χ3v) is 6.98. The third kappa shape index (κ3) is 3.17. The summed E-state index contributed by atoms with van der Waals surface area (Å²) in [5, 5.41) is 1.42. The first-order valence-corrected chi connectivity index (χ1v) is 11.3. The molecule has 1 aromatic carbocycles. The van der Waals surface area contributed by atoms with Crippen LogP contribution in [0, 0.1) is 13.8 Å². The molecule has 3 nitrogen and oxygen atoms in total. The van der Waals surface area contributed by atoms with Crippen molar-refractivity contribution in [3.05, 3.63) is 82.2 Å². The molecule has 0 spiro atoms. The number of fused-ring (bicyclic) bond motifs is 2. The average Bonchev–Trinajstić information content (AvgIpc) is 3.04. The van der Waals surface area contributed by atoms with Crippen molar-refractivity contribution in [1.29, 1.82) is 0 Å². The van der Waals surface area contributed by atoms with E-state index in [1.54, 1.807) is 0 Å². The molecular weight excluding hydrogens is 366 g/mol. The normalized spacial score (nSPS) is 16.1. The molecule has 2 aliphatic rings. The molecule has 3 heterocycles. The predicted octanol–water partition coefficient (Wildman–Crippen LogP) is 6.05. The molecular formula is C27H31N3. The van der Waals surface area contributed by atoms with Crippen molar-refractivity contribution in [2.45, 2.75) is 59.5 Å². The van der Waals surface area contributed by atoms with Gasteiger partial charge < -0.3 is 9.47 Å². The highest BCUT2D eigenvalue weighted by atomic mass is 15.2. The number of nitrogens with zero attached hydrogens (tertiary/aromatic N) is 3. The number of hydrogen-bond donors (Lipinski definition) is 0. The van der Waals surface area contributed by atoms with E-state index in [0.29, 0.717) is 0 Å². The zero-order valence-corrected chi connectivity index (χ0v) is 18.4. The summed E-state index contributed by atoms with van der Waals surface area (Å²) >= 11 is 0. The molecule has 0 atom stereocenters. The molecule has 154 valence electrons. The van der Waals surface area contributed by atoms with Gasteiger partial charge in [0, 0.05) is 36.9 Å². The van der Waals surface area contributed by atoms with E-state index in [4.69, 9.17) is 4.98 Å². The summed E-state index contributed by atoms with van der Waals surface area (Å²) in [7, 11) is 0. The number of rotatable bonds is 4. The van der Waals surface area contributed by atoms with Crippen molar-refractivity contribution in [1.82, 2.24) is 9.55 Å². The Bertz CT molecular complexity index is 1160. The lowest BCUT2D eigenvalue weighted by molar-refractivity contribution is 0.709. The van der Waals surface area contributed by atoms with Crippen LogP contribution in [-0.2, 0) is 25.9 Å². The SMILES string of the molecule is CCc1cnc(N2CCc3ccccc3C2)c2c1c(C)c(C)n2CC1=CC=CCC1. The van der Waals surface area contributed by atoms with Gasteiger partial charge in [0.2, 0.25) is 0 Å². The van der Waals surface area contributed by atoms with Crippen LogP contribution in [0.4, 0.5) is 5.82 Å². The molecule has 0 unspecified atom stereocenters. The van der Waals surface area contributed by atoms with Gasteiger partial charge in [-0.1, -0.05) is 55.0 Å². The maximum Gasteiger partial charge on any atom is 0.153 e. The summed E-state index contributed by atoms with van der Waals surface area (Å²) in [5.74, 6) is 1.15. The molecule has 0 fully saturated rings. The first-order chi connectivity index (χ1) is 14.7. The fourth-order valence-corrected chi connectivity index (χ4v) is 5.11. The summed E-state index contributed by atoms with van der Waals surface area (Å²) in [5.41, 5.74) is 9.91. The minimum absolute atomic E-state index is 0.943. The predicted molar refractivity (Wildman–Crippen MR) is 126 cm³/mol. The van der Waals surface area contributed by atoms with Crippen LogP contribution in [0.1, 0.15) is 47.7 Å². The molecule has 1 aliphatic heterocycles. The number of pyridine rings is 1. The van der Waals surface area contributed by atoms with E-state index >= 15 is 0 Å². The van der Waals surface area contributed by atoms with Crippen LogP contribution in [0.5, 0.6) is 0 Å². The average molecular weight is 398 g/mol. The van der Waals surface area contributed by atoms with Crippen molar-refractivity contribution < 1.29 is 0 Å². The third-order valence-electron chi connectivity index (χ3n) is 6.98. The fraction of sp³-hybridized carbons (Fsp3) is 0.370. The zero-order valence-electron chi connectivity index (χ0n) is 18.4. The van der Waals surface area contributed by atoms with E-state index in [1.807, 2.05) is 0 Å². The van der Waals surface area contributed by atoms with Crippen LogP contribution in [-0.4, -0.2) is 16.1 Å². The first kappa shape index (κ1) is 19.2. The number of benzene rings is 1. The van der Waals surface area contributed by atoms with Crippen LogP contribution >= 0.6 is 0 Å². The maximum atomic E-state index is 5.05. The second-order valence-corrected chi connectivity index (χ2v) is 8.71. The fourth-order valence-electron chi connectivity index (χ4n) is 5.11. The van der Waals surface area contributed by atoms with Crippen LogP contribution in [0.2, 0.25) is 0 Å². The molecule has 0 radical (unpaired) electrons. The molecule has 0 bridgehead atoms. The molecule has 30 heavy (non-hydrogen) atoms. The molecule has 3 aromatic rings. The first-order valence-electron chi connectivity index (χ1n) is 11.3. The Morgan fingerprint density at radius 3 is 2.67 bits per heavy atom. The van der Waals surface area contributed by atoms with E-state index in [-0.39, 0.29) is 0 Å². The van der Waals surface area contributed by atoms with Crippen molar-refractivity contribution in [3.8, 4) is 0 Å². The second-order valence-electron chi connectivity index (χ2n) is 8.71. The van der Waals surface area contributed by atoms with E-state index in [1.165, 1.54) is 44.4 Å². The van der Waals surface area contributed by atoms with Gasteiger partial charge in [0.1, 0.15) is 0 Å². The smallest absolute Gasteiger partial charge is 0.153 e. The minimum Gasteiger partial charge on any atom is -0.350 e. The van der Waals surface area contributed by atoms with E-state index < -0.39 is 0 Å². The lowest BCUT2D eigenvalue weighted by Crippen LogP contribution is -2.31. The van der Waals surface area contributed by atoms with Crippen molar-refractivity contribution >= 4 is 16.7 Å². The Morgan fingerprint density at radius 1 is 1.07 bits per heavy atom. The Labute approximate surface area is 179 Å². The molecule has 3 heteroatoms. The van der Waals surface area contributed by atoms with Gasteiger partial charge in [-0.2, -0.15) is 0 Å². The highest BCUT2D eigenvalue weighted by Gasteiger charge is 2.24. The highest BCUT2D eigenvalue weighted by Crippen LogP contribution is 2.37. The van der Waals surface area contributed by atoms with Crippen molar-refractivity contribution in [3.63, 3.8) is 0 Å².